The molecule has 7 heteroatoms. The number of H-pyrrole nitrogens is 1. The van der Waals surface area contributed by atoms with Crippen molar-refractivity contribution in [1.82, 2.24) is 15.3 Å². The molecule has 5 nitrogen and oxygen atoms in total. The van der Waals surface area contributed by atoms with E-state index in [1.54, 1.807) is 11.8 Å². The van der Waals surface area contributed by atoms with Crippen LogP contribution >= 0.6 is 23.5 Å². The van der Waals surface area contributed by atoms with Crippen molar-refractivity contribution in [2.24, 2.45) is 0 Å². The van der Waals surface area contributed by atoms with E-state index in [1.165, 1.54) is 30.7 Å². The number of aromatic nitrogens is 2. The number of hydrogen-bond acceptors (Lipinski definition) is 5. The molecule has 2 N–H and O–H groups in total. The fourth-order valence-corrected chi connectivity index (χ4v) is 4.17. The number of nitrogens with zero attached hydrogens (tertiary/aromatic N) is 1. The maximum absolute atomic E-state index is 12.2. The van der Waals surface area contributed by atoms with E-state index in [-0.39, 0.29) is 16.7 Å². The molecule has 1 heterocycles. The van der Waals surface area contributed by atoms with Crippen LogP contribution in [0.1, 0.15) is 51.6 Å². The molecule has 0 bridgehead atoms. The van der Waals surface area contributed by atoms with Crippen molar-refractivity contribution in [2.45, 2.75) is 68.2 Å². The van der Waals surface area contributed by atoms with Crippen LogP contribution in [-0.2, 0) is 10.5 Å². The number of aromatic amines is 1. The number of carbonyl (C=O) groups excluding carboxylic acids is 1. The summed E-state index contributed by atoms with van der Waals surface area (Å²) < 4.78 is 0. The van der Waals surface area contributed by atoms with Gasteiger partial charge in [-0.3, -0.25) is 9.59 Å². The second-order valence-corrected chi connectivity index (χ2v) is 8.28. The molecule has 128 valence electrons. The molecule has 1 atom stereocenters. The zero-order valence-corrected chi connectivity index (χ0v) is 15.4. The van der Waals surface area contributed by atoms with Crippen molar-refractivity contribution < 1.29 is 4.79 Å². The molecule has 1 aliphatic carbocycles. The largest absolute Gasteiger partial charge is 0.352 e. The standard InChI is InChI=1S/C16H25N3O2S2/c1-3-8-22-10-13-9-14(20)19-16(18-13)23-11(2)15(21)17-12-6-4-5-7-12/h9,11-12H,3-8,10H2,1-2H3,(H,17,21)(H,18,19,20). The number of nitrogens with one attached hydrogen (secondary N) is 2. The number of thioether (sulfide) groups is 2. The Bertz CT molecular complexity index is 571. The van der Waals surface area contributed by atoms with Crippen LogP contribution in [0.25, 0.3) is 0 Å². The highest BCUT2D eigenvalue weighted by Crippen LogP contribution is 2.22. The minimum absolute atomic E-state index is 0.0234. The highest BCUT2D eigenvalue weighted by atomic mass is 32.2. The van der Waals surface area contributed by atoms with Crippen molar-refractivity contribution in [3.63, 3.8) is 0 Å². The van der Waals surface area contributed by atoms with E-state index in [0.29, 0.717) is 11.2 Å². The summed E-state index contributed by atoms with van der Waals surface area (Å²) in [7, 11) is 0. The summed E-state index contributed by atoms with van der Waals surface area (Å²) in [6.45, 7) is 3.98. The van der Waals surface area contributed by atoms with E-state index in [1.807, 2.05) is 6.92 Å². The summed E-state index contributed by atoms with van der Waals surface area (Å²) in [6.07, 6.45) is 5.64. The van der Waals surface area contributed by atoms with E-state index >= 15 is 0 Å². The van der Waals surface area contributed by atoms with Gasteiger partial charge in [-0.05, 0) is 31.9 Å². The van der Waals surface area contributed by atoms with Gasteiger partial charge in [-0.2, -0.15) is 11.8 Å². The molecule has 1 unspecified atom stereocenters. The molecule has 1 amide bonds. The maximum Gasteiger partial charge on any atom is 0.251 e. The van der Waals surface area contributed by atoms with E-state index in [4.69, 9.17) is 0 Å². The SMILES string of the molecule is CCCSCc1cc(=O)[nH]c(SC(C)C(=O)NC2CCCC2)n1. The average Bonchev–Trinajstić information content (AvgIpc) is 3.00. The van der Waals surface area contributed by atoms with Gasteiger partial charge in [0, 0.05) is 17.9 Å². The molecular formula is C16H25N3O2S2. The second-order valence-electron chi connectivity index (χ2n) is 5.84. The second kappa shape index (κ2) is 9.37. The van der Waals surface area contributed by atoms with Gasteiger partial charge < -0.3 is 10.3 Å². The number of carbonyl (C=O) groups is 1. The van der Waals surface area contributed by atoms with Crippen LogP contribution in [0.3, 0.4) is 0 Å². The summed E-state index contributed by atoms with van der Waals surface area (Å²) >= 11 is 3.08. The molecule has 23 heavy (non-hydrogen) atoms. The third-order valence-electron chi connectivity index (χ3n) is 3.73. The molecule has 1 fully saturated rings. The summed E-state index contributed by atoms with van der Waals surface area (Å²) in [5, 5.41) is 3.35. The lowest BCUT2D eigenvalue weighted by Gasteiger charge is -2.16. The first-order valence-corrected chi connectivity index (χ1v) is 10.3. The first-order chi connectivity index (χ1) is 11.1. The molecule has 2 rings (SSSR count). The number of amides is 1. The van der Waals surface area contributed by atoms with Crippen LogP contribution in [-0.4, -0.2) is 32.9 Å². The highest BCUT2D eigenvalue weighted by Gasteiger charge is 2.22. The van der Waals surface area contributed by atoms with Gasteiger partial charge in [-0.25, -0.2) is 4.98 Å². The molecule has 1 aliphatic rings. The average molecular weight is 356 g/mol. The molecule has 0 spiro atoms. The van der Waals surface area contributed by atoms with Gasteiger partial charge in [0.05, 0.1) is 10.9 Å². The summed E-state index contributed by atoms with van der Waals surface area (Å²) in [5.41, 5.74) is 0.621. The first kappa shape index (κ1) is 18.4. The Labute approximate surface area is 145 Å². The van der Waals surface area contributed by atoms with Crippen LogP contribution in [0, 0.1) is 0 Å². The van der Waals surface area contributed by atoms with Crippen LogP contribution in [0.5, 0.6) is 0 Å². The van der Waals surface area contributed by atoms with Crippen LogP contribution in [0.15, 0.2) is 16.0 Å². The van der Waals surface area contributed by atoms with E-state index in [9.17, 15) is 9.59 Å². The van der Waals surface area contributed by atoms with E-state index in [0.717, 1.165) is 36.5 Å². The molecule has 0 radical (unpaired) electrons. The third kappa shape index (κ3) is 6.22. The predicted octanol–water partition coefficient (Wildman–Crippen LogP) is 2.95. The smallest absolute Gasteiger partial charge is 0.251 e. The highest BCUT2D eigenvalue weighted by molar-refractivity contribution is 8.00. The van der Waals surface area contributed by atoms with E-state index < -0.39 is 0 Å². The zero-order valence-electron chi connectivity index (χ0n) is 13.8. The molecule has 0 aliphatic heterocycles. The fraction of sp³-hybridized carbons (Fsp3) is 0.688. The number of rotatable bonds is 8. The lowest BCUT2D eigenvalue weighted by atomic mass is 10.2. The Balaban J connectivity index is 1.92. The summed E-state index contributed by atoms with van der Waals surface area (Å²) in [6, 6.07) is 1.85. The van der Waals surface area contributed by atoms with Crippen molar-refractivity contribution in [3.8, 4) is 0 Å². The van der Waals surface area contributed by atoms with Gasteiger partial charge in [0.2, 0.25) is 5.91 Å². The quantitative estimate of drug-likeness (QED) is 0.426. The molecular weight excluding hydrogens is 330 g/mol. The first-order valence-electron chi connectivity index (χ1n) is 8.23. The molecule has 1 aromatic heterocycles. The maximum atomic E-state index is 12.2. The van der Waals surface area contributed by atoms with Gasteiger partial charge in [0.25, 0.3) is 5.56 Å². The van der Waals surface area contributed by atoms with Crippen LogP contribution < -0.4 is 10.9 Å². The van der Waals surface area contributed by atoms with E-state index in [2.05, 4.69) is 22.2 Å². The lowest BCUT2D eigenvalue weighted by Crippen LogP contribution is -2.37. The fourth-order valence-electron chi connectivity index (χ4n) is 2.54. The zero-order chi connectivity index (χ0) is 16.7. The molecule has 1 aromatic rings. The van der Waals surface area contributed by atoms with Gasteiger partial charge in [-0.15, -0.1) is 0 Å². The van der Waals surface area contributed by atoms with Gasteiger partial charge >= 0.3 is 0 Å². The van der Waals surface area contributed by atoms with Crippen LogP contribution in [0.2, 0.25) is 0 Å². The van der Waals surface area contributed by atoms with Crippen LogP contribution in [0.4, 0.5) is 0 Å². The van der Waals surface area contributed by atoms with Crippen molar-refractivity contribution >= 4 is 29.4 Å². The Morgan fingerprint density at radius 3 is 2.91 bits per heavy atom. The minimum atomic E-state index is -0.266. The Morgan fingerprint density at radius 1 is 1.48 bits per heavy atom. The number of hydrogen-bond donors (Lipinski definition) is 2. The Morgan fingerprint density at radius 2 is 2.22 bits per heavy atom. The van der Waals surface area contributed by atoms with Crippen molar-refractivity contribution in [1.29, 1.82) is 0 Å². The topological polar surface area (TPSA) is 74.8 Å². The van der Waals surface area contributed by atoms with Gasteiger partial charge in [-0.1, -0.05) is 31.5 Å². The van der Waals surface area contributed by atoms with Gasteiger partial charge in [0.1, 0.15) is 0 Å². The third-order valence-corrected chi connectivity index (χ3v) is 5.91. The summed E-state index contributed by atoms with van der Waals surface area (Å²) in [5.74, 6) is 1.81. The molecule has 0 saturated heterocycles. The summed E-state index contributed by atoms with van der Waals surface area (Å²) in [4.78, 5) is 31.2. The Kier molecular flexibility index (Phi) is 7.49. The van der Waals surface area contributed by atoms with Crippen molar-refractivity contribution in [3.05, 3.63) is 22.1 Å². The molecule has 1 saturated carbocycles. The van der Waals surface area contributed by atoms with Crippen molar-refractivity contribution in [2.75, 3.05) is 5.75 Å². The van der Waals surface area contributed by atoms with Gasteiger partial charge in [0.15, 0.2) is 5.16 Å². The lowest BCUT2D eigenvalue weighted by molar-refractivity contribution is -0.120. The Hall–Kier alpha value is -0.950. The monoisotopic (exact) mass is 355 g/mol. The predicted molar refractivity (Wildman–Crippen MR) is 97.0 cm³/mol. The normalized spacial score (nSPS) is 16.4. The molecule has 0 aromatic carbocycles. The minimum Gasteiger partial charge on any atom is -0.352 e.